The summed E-state index contributed by atoms with van der Waals surface area (Å²) in [6.07, 6.45) is 5.80. The molecule has 1 aliphatic carbocycles. The Morgan fingerprint density at radius 3 is 2.94 bits per heavy atom. The SMILES string of the molecule is CCCNc1cc(C)ncc1CNC1CC1. The summed E-state index contributed by atoms with van der Waals surface area (Å²) in [5.41, 5.74) is 3.60. The van der Waals surface area contributed by atoms with E-state index in [9.17, 15) is 0 Å². The van der Waals surface area contributed by atoms with Crippen molar-refractivity contribution in [3.63, 3.8) is 0 Å². The van der Waals surface area contributed by atoms with E-state index in [2.05, 4.69) is 28.6 Å². The molecule has 0 spiro atoms. The van der Waals surface area contributed by atoms with Crippen molar-refractivity contribution in [1.82, 2.24) is 10.3 Å². The number of nitrogens with one attached hydrogen (secondary N) is 2. The van der Waals surface area contributed by atoms with Gasteiger partial charge in [-0.15, -0.1) is 0 Å². The summed E-state index contributed by atoms with van der Waals surface area (Å²) in [6, 6.07) is 2.89. The second-order valence-corrected chi connectivity index (χ2v) is 4.56. The lowest BCUT2D eigenvalue weighted by molar-refractivity contribution is 0.686. The molecule has 3 heteroatoms. The molecular weight excluding hydrogens is 198 g/mol. The molecule has 0 saturated heterocycles. The van der Waals surface area contributed by atoms with Crippen molar-refractivity contribution < 1.29 is 0 Å². The normalized spacial score (nSPS) is 15.1. The molecule has 0 aromatic carbocycles. The molecule has 1 saturated carbocycles. The van der Waals surface area contributed by atoms with E-state index in [4.69, 9.17) is 0 Å². The lowest BCUT2D eigenvalue weighted by Gasteiger charge is -2.12. The maximum Gasteiger partial charge on any atom is 0.0419 e. The van der Waals surface area contributed by atoms with Gasteiger partial charge in [-0.3, -0.25) is 4.98 Å². The standard InChI is InChI=1S/C13H21N3/c1-3-6-14-13-7-10(2)15-8-11(13)9-16-12-4-5-12/h7-8,12,16H,3-6,9H2,1-2H3,(H,14,15). The minimum absolute atomic E-state index is 0.750. The third kappa shape index (κ3) is 3.20. The summed E-state index contributed by atoms with van der Waals surface area (Å²) in [7, 11) is 0. The topological polar surface area (TPSA) is 37.0 Å². The van der Waals surface area contributed by atoms with E-state index in [1.54, 1.807) is 0 Å². The van der Waals surface area contributed by atoms with Gasteiger partial charge in [-0.1, -0.05) is 6.92 Å². The smallest absolute Gasteiger partial charge is 0.0419 e. The third-order valence-electron chi connectivity index (χ3n) is 2.85. The number of nitrogens with zero attached hydrogens (tertiary/aromatic N) is 1. The monoisotopic (exact) mass is 219 g/mol. The molecule has 0 atom stereocenters. The molecule has 0 radical (unpaired) electrons. The molecule has 16 heavy (non-hydrogen) atoms. The van der Waals surface area contributed by atoms with Gasteiger partial charge >= 0.3 is 0 Å². The first-order chi connectivity index (χ1) is 7.79. The molecule has 1 heterocycles. The Labute approximate surface area is 97.7 Å². The molecule has 2 rings (SSSR count). The highest BCUT2D eigenvalue weighted by Crippen LogP contribution is 2.21. The number of aromatic nitrogens is 1. The van der Waals surface area contributed by atoms with Gasteiger partial charge in [0.1, 0.15) is 0 Å². The summed E-state index contributed by atoms with van der Waals surface area (Å²) in [4.78, 5) is 4.37. The summed E-state index contributed by atoms with van der Waals surface area (Å²) in [6.45, 7) is 6.18. The van der Waals surface area contributed by atoms with E-state index in [-0.39, 0.29) is 0 Å². The molecule has 0 aliphatic heterocycles. The van der Waals surface area contributed by atoms with Crippen LogP contribution in [0.25, 0.3) is 0 Å². The summed E-state index contributed by atoms with van der Waals surface area (Å²) in [5.74, 6) is 0. The second kappa shape index (κ2) is 5.30. The van der Waals surface area contributed by atoms with E-state index in [0.717, 1.165) is 31.2 Å². The van der Waals surface area contributed by atoms with Crippen LogP contribution in [0.1, 0.15) is 37.4 Å². The maximum atomic E-state index is 4.37. The Bertz CT molecular complexity index is 345. The Morgan fingerprint density at radius 1 is 1.44 bits per heavy atom. The lowest BCUT2D eigenvalue weighted by atomic mass is 10.2. The van der Waals surface area contributed by atoms with Gasteiger partial charge in [0.25, 0.3) is 0 Å². The number of hydrogen-bond acceptors (Lipinski definition) is 3. The molecular formula is C13H21N3. The van der Waals surface area contributed by atoms with Crippen molar-refractivity contribution in [3.8, 4) is 0 Å². The van der Waals surface area contributed by atoms with E-state index < -0.39 is 0 Å². The van der Waals surface area contributed by atoms with Gasteiger partial charge in [-0.05, 0) is 32.3 Å². The Balaban J connectivity index is 2.00. The zero-order chi connectivity index (χ0) is 11.4. The predicted octanol–water partition coefficient (Wildman–Crippen LogP) is 2.46. The summed E-state index contributed by atoms with van der Waals surface area (Å²) < 4.78 is 0. The number of anilines is 1. The van der Waals surface area contributed by atoms with Gasteiger partial charge in [0.2, 0.25) is 0 Å². The average molecular weight is 219 g/mol. The van der Waals surface area contributed by atoms with Gasteiger partial charge in [0.05, 0.1) is 0 Å². The molecule has 1 aromatic heterocycles. The molecule has 1 aromatic rings. The first-order valence-corrected chi connectivity index (χ1v) is 6.22. The quantitative estimate of drug-likeness (QED) is 0.771. The fraction of sp³-hybridized carbons (Fsp3) is 0.615. The predicted molar refractivity (Wildman–Crippen MR) is 67.6 cm³/mol. The second-order valence-electron chi connectivity index (χ2n) is 4.56. The fourth-order valence-electron chi connectivity index (χ4n) is 1.69. The highest BCUT2D eigenvalue weighted by Gasteiger charge is 2.20. The molecule has 0 amide bonds. The van der Waals surface area contributed by atoms with Crippen molar-refractivity contribution in [2.75, 3.05) is 11.9 Å². The van der Waals surface area contributed by atoms with Crippen molar-refractivity contribution in [1.29, 1.82) is 0 Å². The molecule has 0 unspecified atom stereocenters. The van der Waals surface area contributed by atoms with Gasteiger partial charge in [0, 0.05) is 42.3 Å². The van der Waals surface area contributed by atoms with Gasteiger partial charge in [0.15, 0.2) is 0 Å². The maximum absolute atomic E-state index is 4.37. The van der Waals surface area contributed by atoms with Crippen LogP contribution >= 0.6 is 0 Å². The van der Waals surface area contributed by atoms with Crippen LogP contribution in [0.4, 0.5) is 5.69 Å². The van der Waals surface area contributed by atoms with Crippen LogP contribution in [0.15, 0.2) is 12.3 Å². The van der Waals surface area contributed by atoms with Gasteiger partial charge in [-0.2, -0.15) is 0 Å². The Morgan fingerprint density at radius 2 is 2.25 bits per heavy atom. The molecule has 3 nitrogen and oxygen atoms in total. The first-order valence-electron chi connectivity index (χ1n) is 6.22. The zero-order valence-corrected chi connectivity index (χ0v) is 10.2. The highest BCUT2D eigenvalue weighted by atomic mass is 15.0. The van der Waals surface area contributed by atoms with Crippen LogP contribution < -0.4 is 10.6 Å². The van der Waals surface area contributed by atoms with Crippen LogP contribution in [-0.2, 0) is 6.54 Å². The fourth-order valence-corrected chi connectivity index (χ4v) is 1.69. The number of aryl methyl sites for hydroxylation is 1. The molecule has 1 aliphatic rings. The van der Waals surface area contributed by atoms with Crippen LogP contribution in [0.3, 0.4) is 0 Å². The highest BCUT2D eigenvalue weighted by molar-refractivity contribution is 5.51. The largest absolute Gasteiger partial charge is 0.385 e. The van der Waals surface area contributed by atoms with Crippen molar-refractivity contribution in [2.45, 2.75) is 45.7 Å². The van der Waals surface area contributed by atoms with Crippen molar-refractivity contribution in [3.05, 3.63) is 23.5 Å². The molecule has 88 valence electrons. The summed E-state index contributed by atoms with van der Waals surface area (Å²) in [5, 5.41) is 7.00. The van der Waals surface area contributed by atoms with Crippen LogP contribution in [-0.4, -0.2) is 17.6 Å². The summed E-state index contributed by atoms with van der Waals surface area (Å²) >= 11 is 0. The molecule has 2 N–H and O–H groups in total. The Kier molecular flexibility index (Phi) is 3.78. The van der Waals surface area contributed by atoms with Crippen molar-refractivity contribution >= 4 is 5.69 Å². The van der Waals surface area contributed by atoms with Crippen LogP contribution in [0.2, 0.25) is 0 Å². The number of rotatable bonds is 6. The third-order valence-corrected chi connectivity index (χ3v) is 2.85. The van der Waals surface area contributed by atoms with E-state index in [1.165, 1.54) is 24.1 Å². The number of pyridine rings is 1. The zero-order valence-electron chi connectivity index (χ0n) is 10.2. The Hall–Kier alpha value is -1.09. The van der Waals surface area contributed by atoms with E-state index in [0.29, 0.717) is 0 Å². The molecule has 1 fully saturated rings. The van der Waals surface area contributed by atoms with E-state index >= 15 is 0 Å². The van der Waals surface area contributed by atoms with Crippen molar-refractivity contribution in [2.24, 2.45) is 0 Å². The first kappa shape index (κ1) is 11.4. The molecule has 0 bridgehead atoms. The van der Waals surface area contributed by atoms with Crippen LogP contribution in [0.5, 0.6) is 0 Å². The van der Waals surface area contributed by atoms with Gasteiger partial charge in [-0.25, -0.2) is 0 Å². The van der Waals surface area contributed by atoms with E-state index in [1.807, 2.05) is 13.1 Å². The lowest BCUT2D eigenvalue weighted by Crippen LogP contribution is -2.17. The minimum atomic E-state index is 0.750. The average Bonchev–Trinajstić information content (AvgIpc) is 3.09. The van der Waals surface area contributed by atoms with Crippen LogP contribution in [0, 0.1) is 6.92 Å². The van der Waals surface area contributed by atoms with Gasteiger partial charge < -0.3 is 10.6 Å². The number of hydrogen-bond donors (Lipinski definition) is 2. The minimum Gasteiger partial charge on any atom is -0.385 e.